The van der Waals surface area contributed by atoms with Crippen LogP contribution in [-0.2, 0) is 20.9 Å². The summed E-state index contributed by atoms with van der Waals surface area (Å²) in [6.45, 7) is 1.95. The fourth-order valence-electron chi connectivity index (χ4n) is 4.38. The highest BCUT2D eigenvalue weighted by Gasteiger charge is 2.48. The predicted molar refractivity (Wildman–Crippen MR) is 147 cm³/mol. The summed E-state index contributed by atoms with van der Waals surface area (Å²) in [5.74, 6) is -2.10. The summed E-state index contributed by atoms with van der Waals surface area (Å²) in [6.07, 6.45) is 0. The molecule has 1 aliphatic heterocycles. The molecule has 3 aromatic carbocycles. The number of benzene rings is 3. The quantitative estimate of drug-likeness (QED) is 0.144. The summed E-state index contributed by atoms with van der Waals surface area (Å²) in [5.41, 5.74) is 2.18. The number of esters is 1. The molecule has 8 nitrogen and oxygen atoms in total. The van der Waals surface area contributed by atoms with Crippen LogP contribution in [0.15, 0.2) is 90.5 Å². The van der Waals surface area contributed by atoms with E-state index >= 15 is 0 Å². The standard InChI is InChI=1S/C30H24N2O6S/c1-18-27(29(36)37-2)39-30(31-18)32-24(23(26(34)28(32)35)25(33)20-12-7-4-8-13-20)21-14-9-15-22(16-21)38-17-19-10-5-3-6-11-19/h3-16,24,33H,17H2,1-2H3. The molecule has 1 saturated heterocycles. The van der Waals surface area contributed by atoms with Gasteiger partial charge in [0.15, 0.2) is 5.13 Å². The van der Waals surface area contributed by atoms with Crippen molar-refractivity contribution >= 4 is 39.9 Å². The lowest BCUT2D eigenvalue weighted by atomic mass is 9.95. The summed E-state index contributed by atoms with van der Waals surface area (Å²) in [6, 6.07) is 24.2. The number of Topliss-reactive ketones (excluding diaryl/α,β-unsaturated/α-hetero) is 1. The molecule has 0 aliphatic carbocycles. The maximum atomic E-state index is 13.4. The SMILES string of the molecule is COC(=O)c1sc(N2C(=O)C(=O)C(=C(O)c3ccccc3)C2c2cccc(OCc3ccccc3)c2)nc1C. The Morgan fingerprint density at radius 3 is 2.38 bits per heavy atom. The van der Waals surface area contributed by atoms with E-state index in [1.165, 1.54) is 12.0 Å². The summed E-state index contributed by atoms with van der Waals surface area (Å²) < 4.78 is 10.8. The van der Waals surface area contributed by atoms with Crippen LogP contribution in [0.25, 0.3) is 5.76 Å². The lowest BCUT2D eigenvalue weighted by molar-refractivity contribution is -0.132. The van der Waals surface area contributed by atoms with Gasteiger partial charge in [0.25, 0.3) is 5.78 Å². The first-order chi connectivity index (χ1) is 18.9. The second-order valence-electron chi connectivity index (χ2n) is 8.78. The number of anilines is 1. The van der Waals surface area contributed by atoms with E-state index in [9.17, 15) is 19.5 Å². The van der Waals surface area contributed by atoms with E-state index < -0.39 is 23.7 Å². The van der Waals surface area contributed by atoms with Crippen molar-refractivity contribution < 1.29 is 29.0 Å². The Morgan fingerprint density at radius 1 is 1.00 bits per heavy atom. The molecule has 9 heteroatoms. The van der Waals surface area contributed by atoms with Crippen LogP contribution in [0.3, 0.4) is 0 Å². The Balaban J connectivity index is 1.62. The van der Waals surface area contributed by atoms with Gasteiger partial charge in [-0.05, 0) is 30.2 Å². The van der Waals surface area contributed by atoms with E-state index in [4.69, 9.17) is 9.47 Å². The van der Waals surface area contributed by atoms with Gasteiger partial charge in [0, 0.05) is 5.56 Å². The molecule has 1 aromatic heterocycles. The van der Waals surface area contributed by atoms with Gasteiger partial charge in [-0.1, -0.05) is 84.1 Å². The lowest BCUT2D eigenvalue weighted by Crippen LogP contribution is -2.29. The zero-order chi connectivity index (χ0) is 27.5. The average Bonchev–Trinajstić information content (AvgIpc) is 3.48. The smallest absolute Gasteiger partial charge is 0.350 e. The Labute approximate surface area is 228 Å². The molecular formula is C30H24N2O6S. The molecule has 2 heterocycles. The van der Waals surface area contributed by atoms with Crippen LogP contribution >= 0.6 is 11.3 Å². The molecule has 4 aromatic rings. The third kappa shape index (κ3) is 5.04. The molecule has 1 fully saturated rings. The number of rotatable bonds is 7. The number of thiazole rings is 1. The topological polar surface area (TPSA) is 106 Å². The minimum atomic E-state index is -1.01. The minimum Gasteiger partial charge on any atom is -0.507 e. The van der Waals surface area contributed by atoms with Crippen molar-refractivity contribution in [1.29, 1.82) is 0 Å². The van der Waals surface area contributed by atoms with E-state index in [1.807, 2.05) is 30.3 Å². The van der Waals surface area contributed by atoms with Crippen molar-refractivity contribution in [1.82, 2.24) is 4.98 Å². The van der Waals surface area contributed by atoms with Crippen LogP contribution in [0, 0.1) is 6.92 Å². The molecule has 1 unspecified atom stereocenters. The number of hydrogen-bond donors (Lipinski definition) is 1. The lowest BCUT2D eigenvalue weighted by Gasteiger charge is -2.23. The zero-order valence-corrected chi connectivity index (χ0v) is 22.0. The third-order valence-electron chi connectivity index (χ3n) is 6.28. The Hall–Kier alpha value is -4.76. The van der Waals surface area contributed by atoms with E-state index in [0.29, 0.717) is 29.2 Å². The second-order valence-corrected chi connectivity index (χ2v) is 9.76. The van der Waals surface area contributed by atoms with Crippen LogP contribution in [0.2, 0.25) is 0 Å². The number of ether oxygens (including phenoxy) is 2. The maximum absolute atomic E-state index is 13.4. The van der Waals surface area contributed by atoms with Gasteiger partial charge in [0.05, 0.1) is 24.4 Å². The number of carbonyl (C=O) groups is 3. The van der Waals surface area contributed by atoms with Crippen molar-refractivity contribution in [3.8, 4) is 5.75 Å². The van der Waals surface area contributed by atoms with Gasteiger partial charge in [-0.25, -0.2) is 9.78 Å². The maximum Gasteiger partial charge on any atom is 0.350 e. The van der Waals surface area contributed by atoms with E-state index in [0.717, 1.165) is 16.9 Å². The molecule has 0 spiro atoms. The molecule has 39 heavy (non-hydrogen) atoms. The van der Waals surface area contributed by atoms with Crippen LogP contribution in [0.5, 0.6) is 5.75 Å². The Kier molecular flexibility index (Phi) is 7.25. The Morgan fingerprint density at radius 2 is 1.69 bits per heavy atom. The normalized spacial score (nSPS) is 16.4. The molecule has 0 bridgehead atoms. The number of aliphatic hydroxyl groups is 1. The molecule has 5 rings (SSSR count). The first kappa shape index (κ1) is 25.9. The number of aryl methyl sites for hydroxylation is 1. The van der Waals surface area contributed by atoms with Crippen molar-refractivity contribution in [2.24, 2.45) is 0 Å². The van der Waals surface area contributed by atoms with Crippen LogP contribution in [0.1, 0.15) is 38.1 Å². The molecule has 1 aliphatic rings. The zero-order valence-electron chi connectivity index (χ0n) is 21.2. The molecule has 0 radical (unpaired) electrons. The number of carbonyl (C=O) groups excluding carboxylic acids is 3. The van der Waals surface area contributed by atoms with Crippen LogP contribution in [-0.4, -0.2) is 34.9 Å². The number of hydrogen-bond acceptors (Lipinski definition) is 8. The highest BCUT2D eigenvalue weighted by atomic mass is 32.1. The van der Waals surface area contributed by atoms with Crippen molar-refractivity contribution in [2.75, 3.05) is 12.0 Å². The molecule has 0 saturated carbocycles. The van der Waals surface area contributed by atoms with Gasteiger partial charge in [-0.2, -0.15) is 0 Å². The van der Waals surface area contributed by atoms with Gasteiger partial charge in [-0.3, -0.25) is 14.5 Å². The number of amides is 1. The molecule has 1 amide bonds. The van der Waals surface area contributed by atoms with Gasteiger partial charge >= 0.3 is 11.9 Å². The first-order valence-electron chi connectivity index (χ1n) is 12.1. The third-order valence-corrected chi connectivity index (χ3v) is 7.41. The highest BCUT2D eigenvalue weighted by Crippen LogP contribution is 2.44. The van der Waals surface area contributed by atoms with E-state index in [1.54, 1.807) is 61.5 Å². The van der Waals surface area contributed by atoms with Crippen LogP contribution in [0.4, 0.5) is 5.13 Å². The summed E-state index contributed by atoms with van der Waals surface area (Å²) in [5, 5.41) is 11.4. The number of ketones is 1. The van der Waals surface area contributed by atoms with Gasteiger partial charge in [0.1, 0.15) is 23.0 Å². The van der Waals surface area contributed by atoms with Gasteiger partial charge < -0.3 is 14.6 Å². The monoisotopic (exact) mass is 540 g/mol. The van der Waals surface area contributed by atoms with Crippen molar-refractivity contribution in [2.45, 2.75) is 19.6 Å². The summed E-state index contributed by atoms with van der Waals surface area (Å²) in [4.78, 5) is 45.0. The van der Waals surface area contributed by atoms with Gasteiger partial charge in [-0.15, -0.1) is 0 Å². The predicted octanol–water partition coefficient (Wildman–Crippen LogP) is 5.44. The van der Waals surface area contributed by atoms with Gasteiger partial charge in [0.2, 0.25) is 0 Å². The van der Waals surface area contributed by atoms with Crippen molar-refractivity contribution in [3.63, 3.8) is 0 Å². The summed E-state index contributed by atoms with van der Waals surface area (Å²) >= 11 is 0.947. The number of aliphatic hydroxyl groups excluding tert-OH is 1. The highest BCUT2D eigenvalue weighted by molar-refractivity contribution is 7.17. The minimum absolute atomic E-state index is 0.0844. The molecular weight excluding hydrogens is 516 g/mol. The largest absolute Gasteiger partial charge is 0.507 e. The second kappa shape index (κ2) is 10.9. The van der Waals surface area contributed by atoms with E-state index in [2.05, 4.69) is 4.98 Å². The van der Waals surface area contributed by atoms with E-state index in [-0.39, 0.29) is 21.3 Å². The number of nitrogens with zero attached hydrogens (tertiary/aromatic N) is 2. The average molecular weight is 541 g/mol. The number of aromatic nitrogens is 1. The molecule has 1 atom stereocenters. The summed E-state index contributed by atoms with van der Waals surface area (Å²) in [7, 11) is 1.26. The Bertz CT molecular complexity index is 1580. The fourth-order valence-corrected chi connectivity index (χ4v) is 5.39. The number of methoxy groups -OCH3 is 1. The van der Waals surface area contributed by atoms with Crippen molar-refractivity contribution in [3.05, 3.63) is 118 Å². The van der Waals surface area contributed by atoms with Crippen LogP contribution < -0.4 is 9.64 Å². The first-order valence-corrected chi connectivity index (χ1v) is 12.9. The molecule has 196 valence electrons. The fraction of sp³-hybridized carbons (Fsp3) is 0.133. The molecule has 1 N–H and O–H groups in total.